The van der Waals surface area contributed by atoms with E-state index in [4.69, 9.17) is 0 Å². The van der Waals surface area contributed by atoms with Crippen molar-refractivity contribution in [3.05, 3.63) is 0 Å². The van der Waals surface area contributed by atoms with Gasteiger partial charge in [-0.2, -0.15) is 0 Å². The molecule has 1 saturated carbocycles. The first-order valence-electron chi connectivity index (χ1n) is 6.33. The summed E-state index contributed by atoms with van der Waals surface area (Å²) in [5.41, 5.74) is 0. The number of β-amino-alcohol motifs (C(OH)–C–C–N with tert-alkyl or cyclic N) is 1. The molecule has 0 spiro atoms. The SMILES string of the molecule is CN(C(=O)CC1CCCC1)[C@@H]1CNC[C@H]1O. The van der Waals surface area contributed by atoms with Crippen LogP contribution in [0.4, 0.5) is 0 Å². The topological polar surface area (TPSA) is 52.6 Å². The maximum atomic E-state index is 12.0. The minimum absolute atomic E-state index is 0.0334. The molecule has 0 aromatic rings. The van der Waals surface area contributed by atoms with Gasteiger partial charge in [0.1, 0.15) is 0 Å². The lowest BCUT2D eigenvalue weighted by Gasteiger charge is -2.27. The fraction of sp³-hybridized carbons (Fsp3) is 0.917. The lowest BCUT2D eigenvalue weighted by molar-refractivity contribution is -0.134. The average Bonchev–Trinajstić information content (AvgIpc) is 2.88. The maximum absolute atomic E-state index is 12.0. The highest BCUT2D eigenvalue weighted by atomic mass is 16.3. The van der Waals surface area contributed by atoms with Gasteiger partial charge in [-0.3, -0.25) is 4.79 Å². The second-order valence-electron chi connectivity index (χ2n) is 5.15. The van der Waals surface area contributed by atoms with E-state index < -0.39 is 6.10 Å². The van der Waals surface area contributed by atoms with Gasteiger partial charge in [-0.15, -0.1) is 0 Å². The number of hydrogen-bond donors (Lipinski definition) is 2. The first-order valence-corrected chi connectivity index (χ1v) is 6.33. The zero-order valence-corrected chi connectivity index (χ0v) is 9.98. The molecule has 1 heterocycles. The van der Waals surface area contributed by atoms with Gasteiger partial charge in [0, 0.05) is 26.6 Å². The Morgan fingerprint density at radius 2 is 2.06 bits per heavy atom. The number of carbonyl (C=O) groups excluding carboxylic acids is 1. The molecule has 0 radical (unpaired) electrons. The highest BCUT2D eigenvalue weighted by Crippen LogP contribution is 2.28. The van der Waals surface area contributed by atoms with E-state index in [2.05, 4.69) is 5.32 Å². The lowest BCUT2D eigenvalue weighted by atomic mass is 10.0. The van der Waals surface area contributed by atoms with Crippen LogP contribution in [-0.4, -0.2) is 48.2 Å². The second kappa shape index (κ2) is 5.15. The Morgan fingerprint density at radius 1 is 1.38 bits per heavy atom. The highest BCUT2D eigenvalue weighted by molar-refractivity contribution is 5.76. The summed E-state index contributed by atoms with van der Waals surface area (Å²) in [6.45, 7) is 1.32. The molecule has 2 rings (SSSR count). The third-order valence-electron chi connectivity index (χ3n) is 3.98. The molecule has 16 heavy (non-hydrogen) atoms. The summed E-state index contributed by atoms with van der Waals surface area (Å²) in [6.07, 6.45) is 5.21. The van der Waals surface area contributed by atoms with Crippen LogP contribution in [0.5, 0.6) is 0 Å². The summed E-state index contributed by atoms with van der Waals surface area (Å²) in [5, 5.41) is 12.8. The van der Waals surface area contributed by atoms with Gasteiger partial charge in [0.05, 0.1) is 12.1 Å². The molecule has 0 aromatic heterocycles. The fourth-order valence-corrected chi connectivity index (χ4v) is 2.84. The van der Waals surface area contributed by atoms with Gasteiger partial charge in [-0.05, 0) is 18.8 Å². The minimum atomic E-state index is -0.405. The Bertz CT molecular complexity index is 251. The number of hydrogen-bond acceptors (Lipinski definition) is 3. The molecule has 1 aliphatic carbocycles. The number of aliphatic hydroxyl groups excluding tert-OH is 1. The van der Waals surface area contributed by atoms with Crippen LogP contribution in [0.3, 0.4) is 0 Å². The molecular formula is C12H22N2O2. The van der Waals surface area contributed by atoms with Gasteiger partial charge in [-0.25, -0.2) is 0 Å². The van der Waals surface area contributed by atoms with Crippen LogP contribution >= 0.6 is 0 Å². The lowest BCUT2D eigenvalue weighted by Crippen LogP contribution is -2.44. The van der Waals surface area contributed by atoms with Gasteiger partial charge in [0.15, 0.2) is 0 Å². The Morgan fingerprint density at radius 3 is 2.62 bits per heavy atom. The van der Waals surface area contributed by atoms with E-state index >= 15 is 0 Å². The molecule has 1 amide bonds. The van der Waals surface area contributed by atoms with Crippen LogP contribution in [0.1, 0.15) is 32.1 Å². The first-order chi connectivity index (χ1) is 7.68. The number of aliphatic hydroxyl groups is 1. The van der Waals surface area contributed by atoms with Gasteiger partial charge < -0.3 is 15.3 Å². The predicted molar refractivity (Wildman–Crippen MR) is 62.0 cm³/mol. The van der Waals surface area contributed by atoms with Crippen molar-refractivity contribution in [2.24, 2.45) is 5.92 Å². The van der Waals surface area contributed by atoms with Crippen LogP contribution in [0, 0.1) is 5.92 Å². The van der Waals surface area contributed by atoms with E-state index in [1.54, 1.807) is 4.90 Å². The molecule has 2 N–H and O–H groups in total. The van der Waals surface area contributed by atoms with E-state index in [1.807, 2.05) is 7.05 Å². The van der Waals surface area contributed by atoms with Crippen LogP contribution < -0.4 is 5.32 Å². The number of nitrogens with one attached hydrogen (secondary N) is 1. The summed E-state index contributed by atoms with van der Waals surface area (Å²) in [5.74, 6) is 0.779. The minimum Gasteiger partial charge on any atom is -0.390 e. The van der Waals surface area contributed by atoms with Crippen molar-refractivity contribution < 1.29 is 9.90 Å². The summed E-state index contributed by atoms with van der Waals surface area (Å²) in [4.78, 5) is 13.8. The highest BCUT2D eigenvalue weighted by Gasteiger charge is 2.32. The van der Waals surface area contributed by atoms with Crippen LogP contribution in [0.15, 0.2) is 0 Å². The van der Waals surface area contributed by atoms with E-state index in [-0.39, 0.29) is 11.9 Å². The molecule has 4 nitrogen and oxygen atoms in total. The van der Waals surface area contributed by atoms with Gasteiger partial charge in [0.2, 0.25) is 5.91 Å². The quantitative estimate of drug-likeness (QED) is 0.730. The fourth-order valence-electron chi connectivity index (χ4n) is 2.84. The molecule has 1 aliphatic heterocycles. The van der Waals surface area contributed by atoms with E-state index in [9.17, 15) is 9.90 Å². The maximum Gasteiger partial charge on any atom is 0.222 e. The Labute approximate surface area is 97.0 Å². The molecule has 92 valence electrons. The van der Waals surface area contributed by atoms with Gasteiger partial charge in [-0.1, -0.05) is 12.8 Å². The zero-order chi connectivity index (χ0) is 11.5. The Balaban J connectivity index is 1.83. The summed E-state index contributed by atoms with van der Waals surface area (Å²) < 4.78 is 0. The smallest absolute Gasteiger partial charge is 0.222 e. The molecule has 2 atom stereocenters. The summed E-state index contributed by atoms with van der Waals surface area (Å²) in [6, 6.07) is -0.0334. The van der Waals surface area contributed by atoms with Crippen molar-refractivity contribution in [1.29, 1.82) is 0 Å². The van der Waals surface area contributed by atoms with Crippen molar-refractivity contribution >= 4 is 5.91 Å². The number of amides is 1. The molecule has 0 aromatic carbocycles. The number of nitrogens with zero attached hydrogens (tertiary/aromatic N) is 1. The van der Waals surface area contributed by atoms with Crippen LogP contribution in [0.2, 0.25) is 0 Å². The largest absolute Gasteiger partial charge is 0.390 e. The monoisotopic (exact) mass is 226 g/mol. The molecule has 0 bridgehead atoms. The Hall–Kier alpha value is -0.610. The van der Waals surface area contributed by atoms with Crippen LogP contribution in [-0.2, 0) is 4.79 Å². The second-order valence-corrected chi connectivity index (χ2v) is 5.15. The zero-order valence-electron chi connectivity index (χ0n) is 9.98. The van der Waals surface area contributed by atoms with Crippen molar-refractivity contribution in [2.45, 2.75) is 44.2 Å². The van der Waals surface area contributed by atoms with Crippen molar-refractivity contribution in [3.63, 3.8) is 0 Å². The summed E-state index contributed by atoms with van der Waals surface area (Å²) >= 11 is 0. The normalized spacial score (nSPS) is 30.9. The van der Waals surface area contributed by atoms with Crippen molar-refractivity contribution in [2.75, 3.05) is 20.1 Å². The number of carbonyl (C=O) groups is 1. The molecule has 2 aliphatic rings. The van der Waals surface area contributed by atoms with Gasteiger partial charge in [0.25, 0.3) is 0 Å². The first kappa shape index (κ1) is 11.9. The molecule has 0 unspecified atom stereocenters. The third-order valence-corrected chi connectivity index (χ3v) is 3.98. The third kappa shape index (κ3) is 2.55. The number of likely N-dealkylation sites (N-methyl/N-ethyl adjacent to an activating group) is 1. The Kier molecular flexibility index (Phi) is 3.82. The molecular weight excluding hydrogens is 204 g/mol. The summed E-state index contributed by atoms with van der Waals surface area (Å²) in [7, 11) is 1.82. The van der Waals surface area contributed by atoms with Crippen LogP contribution in [0.25, 0.3) is 0 Å². The molecule has 4 heteroatoms. The molecule has 2 fully saturated rings. The standard InChI is InChI=1S/C12H22N2O2/c1-14(10-7-13-8-11(10)15)12(16)6-9-4-2-3-5-9/h9-11,13,15H,2-8H2,1H3/t10-,11-/m1/s1. The van der Waals surface area contributed by atoms with Gasteiger partial charge >= 0.3 is 0 Å². The van der Waals surface area contributed by atoms with Crippen molar-refractivity contribution in [1.82, 2.24) is 10.2 Å². The number of rotatable bonds is 3. The van der Waals surface area contributed by atoms with E-state index in [0.717, 1.165) is 0 Å². The van der Waals surface area contributed by atoms with E-state index in [1.165, 1.54) is 25.7 Å². The molecule has 1 saturated heterocycles. The predicted octanol–water partition coefficient (Wildman–Crippen LogP) is 0.358. The average molecular weight is 226 g/mol. The van der Waals surface area contributed by atoms with E-state index in [0.29, 0.717) is 25.4 Å². The van der Waals surface area contributed by atoms with Crippen molar-refractivity contribution in [3.8, 4) is 0 Å².